The Kier molecular flexibility index (Phi) is 4.71. The van der Waals surface area contributed by atoms with Crippen LogP contribution < -0.4 is 10.6 Å². The highest BCUT2D eigenvalue weighted by Crippen LogP contribution is 2.30. The lowest BCUT2D eigenvalue weighted by molar-refractivity contribution is -0.131. The molecular formula is C15H16N2O4. The van der Waals surface area contributed by atoms with E-state index in [9.17, 15) is 14.4 Å². The first-order valence-corrected chi connectivity index (χ1v) is 6.63. The van der Waals surface area contributed by atoms with Crippen molar-refractivity contribution in [3.05, 3.63) is 42.0 Å². The summed E-state index contributed by atoms with van der Waals surface area (Å²) >= 11 is 0. The summed E-state index contributed by atoms with van der Waals surface area (Å²) in [6.45, 7) is 0.291. The summed E-state index contributed by atoms with van der Waals surface area (Å²) in [6, 6.07) is 7.14. The molecule has 21 heavy (non-hydrogen) atoms. The molecule has 0 atom stereocenters. The number of benzene rings is 1. The minimum absolute atomic E-state index is 0.0508. The quantitative estimate of drug-likeness (QED) is 0.687. The zero-order chi connectivity index (χ0) is 15.2. The average Bonchev–Trinajstić information content (AvgIpc) is 3.29. The molecule has 6 heteroatoms. The van der Waals surface area contributed by atoms with Gasteiger partial charge in [-0.2, -0.15) is 0 Å². The highest BCUT2D eigenvalue weighted by molar-refractivity contribution is 5.94. The van der Waals surface area contributed by atoms with Crippen molar-refractivity contribution < 1.29 is 19.5 Å². The van der Waals surface area contributed by atoms with E-state index in [2.05, 4.69) is 10.6 Å². The number of carbonyl (C=O) groups is 3. The van der Waals surface area contributed by atoms with Crippen LogP contribution in [0.2, 0.25) is 0 Å². The van der Waals surface area contributed by atoms with E-state index in [0.717, 1.165) is 36.2 Å². The Morgan fingerprint density at radius 2 is 1.81 bits per heavy atom. The Labute approximate surface area is 121 Å². The highest BCUT2D eigenvalue weighted by atomic mass is 16.4. The molecule has 0 aromatic heterocycles. The van der Waals surface area contributed by atoms with Gasteiger partial charge in [-0.25, -0.2) is 4.79 Å². The van der Waals surface area contributed by atoms with E-state index < -0.39 is 11.9 Å². The van der Waals surface area contributed by atoms with Crippen molar-refractivity contribution in [2.75, 3.05) is 5.32 Å². The predicted octanol–water partition coefficient (Wildman–Crippen LogP) is 1.29. The van der Waals surface area contributed by atoms with Crippen LogP contribution >= 0.6 is 0 Å². The normalized spacial score (nSPS) is 13.9. The van der Waals surface area contributed by atoms with Crippen molar-refractivity contribution in [2.24, 2.45) is 5.92 Å². The van der Waals surface area contributed by atoms with Gasteiger partial charge in [0.1, 0.15) is 0 Å². The SMILES string of the molecule is O=C(O)/C=C/C(=O)NCc1ccc(NC(=O)C2CC2)cc1. The maximum absolute atomic E-state index is 11.6. The molecule has 1 aliphatic carbocycles. The monoisotopic (exact) mass is 288 g/mol. The summed E-state index contributed by atoms with van der Waals surface area (Å²) in [6.07, 6.45) is 3.66. The number of nitrogens with one attached hydrogen (secondary N) is 2. The van der Waals surface area contributed by atoms with E-state index in [1.165, 1.54) is 0 Å². The third-order valence-corrected chi connectivity index (χ3v) is 3.01. The van der Waals surface area contributed by atoms with Gasteiger partial charge in [0.2, 0.25) is 11.8 Å². The maximum atomic E-state index is 11.6. The Balaban J connectivity index is 1.80. The summed E-state index contributed by atoms with van der Waals surface area (Å²) in [7, 11) is 0. The van der Waals surface area contributed by atoms with Gasteiger partial charge in [-0.15, -0.1) is 0 Å². The van der Waals surface area contributed by atoms with Crippen molar-refractivity contribution in [2.45, 2.75) is 19.4 Å². The lowest BCUT2D eigenvalue weighted by atomic mass is 10.2. The van der Waals surface area contributed by atoms with Crippen LogP contribution in [-0.4, -0.2) is 22.9 Å². The molecule has 0 aliphatic heterocycles. The fraction of sp³-hybridized carbons (Fsp3) is 0.267. The molecule has 0 unspecified atom stereocenters. The topological polar surface area (TPSA) is 95.5 Å². The molecule has 1 saturated carbocycles. The first-order chi connectivity index (χ1) is 10.0. The molecule has 0 radical (unpaired) electrons. The fourth-order valence-corrected chi connectivity index (χ4v) is 1.69. The minimum Gasteiger partial charge on any atom is -0.478 e. The van der Waals surface area contributed by atoms with Gasteiger partial charge in [0, 0.05) is 30.3 Å². The van der Waals surface area contributed by atoms with Crippen LogP contribution in [0.15, 0.2) is 36.4 Å². The van der Waals surface area contributed by atoms with E-state index in [4.69, 9.17) is 5.11 Å². The van der Waals surface area contributed by atoms with Crippen LogP contribution in [0.25, 0.3) is 0 Å². The van der Waals surface area contributed by atoms with Crippen molar-refractivity contribution in [3.8, 4) is 0 Å². The number of hydrogen-bond acceptors (Lipinski definition) is 3. The van der Waals surface area contributed by atoms with Gasteiger partial charge in [-0.1, -0.05) is 12.1 Å². The van der Waals surface area contributed by atoms with Gasteiger partial charge in [0.25, 0.3) is 0 Å². The number of hydrogen-bond donors (Lipinski definition) is 3. The molecule has 0 bridgehead atoms. The second kappa shape index (κ2) is 6.69. The van der Waals surface area contributed by atoms with Crippen LogP contribution in [-0.2, 0) is 20.9 Å². The summed E-state index contributed by atoms with van der Waals surface area (Å²) < 4.78 is 0. The lowest BCUT2D eigenvalue weighted by Crippen LogP contribution is -2.20. The van der Waals surface area contributed by atoms with Gasteiger partial charge < -0.3 is 15.7 Å². The average molecular weight is 288 g/mol. The Morgan fingerprint density at radius 1 is 1.14 bits per heavy atom. The second-order valence-corrected chi connectivity index (χ2v) is 4.85. The third kappa shape index (κ3) is 5.10. The van der Waals surface area contributed by atoms with Gasteiger partial charge >= 0.3 is 5.97 Å². The summed E-state index contributed by atoms with van der Waals surface area (Å²) in [5, 5.41) is 13.8. The largest absolute Gasteiger partial charge is 0.478 e. The summed E-state index contributed by atoms with van der Waals surface area (Å²) in [5.74, 6) is -1.43. The molecular weight excluding hydrogens is 272 g/mol. The number of anilines is 1. The zero-order valence-corrected chi connectivity index (χ0v) is 11.3. The van der Waals surface area contributed by atoms with Gasteiger partial charge in [0.15, 0.2) is 0 Å². The van der Waals surface area contributed by atoms with E-state index in [-0.39, 0.29) is 11.8 Å². The zero-order valence-electron chi connectivity index (χ0n) is 11.3. The maximum Gasteiger partial charge on any atom is 0.328 e. The molecule has 1 aromatic carbocycles. The Hall–Kier alpha value is -2.63. The smallest absolute Gasteiger partial charge is 0.328 e. The van der Waals surface area contributed by atoms with Crippen LogP contribution in [0.3, 0.4) is 0 Å². The number of carbonyl (C=O) groups excluding carboxylic acids is 2. The van der Waals surface area contributed by atoms with Gasteiger partial charge in [-0.05, 0) is 30.5 Å². The van der Waals surface area contributed by atoms with Crippen LogP contribution in [0.1, 0.15) is 18.4 Å². The molecule has 6 nitrogen and oxygen atoms in total. The van der Waals surface area contributed by atoms with Crippen molar-refractivity contribution in [1.29, 1.82) is 0 Å². The van der Waals surface area contributed by atoms with E-state index in [1.807, 2.05) is 0 Å². The highest BCUT2D eigenvalue weighted by Gasteiger charge is 2.29. The van der Waals surface area contributed by atoms with Gasteiger partial charge in [-0.3, -0.25) is 9.59 Å². The fourth-order valence-electron chi connectivity index (χ4n) is 1.69. The number of aliphatic carboxylic acids is 1. The lowest BCUT2D eigenvalue weighted by Gasteiger charge is -2.06. The Bertz CT molecular complexity index is 574. The second-order valence-electron chi connectivity index (χ2n) is 4.85. The molecule has 0 saturated heterocycles. The summed E-state index contributed by atoms with van der Waals surface area (Å²) in [4.78, 5) is 33.1. The van der Waals surface area contributed by atoms with Crippen molar-refractivity contribution >= 4 is 23.5 Å². The number of carboxylic acid groups (broad SMARTS) is 1. The molecule has 0 spiro atoms. The molecule has 0 heterocycles. The van der Waals surface area contributed by atoms with E-state index in [0.29, 0.717) is 6.54 Å². The molecule has 2 amide bonds. The van der Waals surface area contributed by atoms with E-state index in [1.54, 1.807) is 24.3 Å². The van der Waals surface area contributed by atoms with E-state index >= 15 is 0 Å². The van der Waals surface area contributed by atoms with Crippen molar-refractivity contribution in [1.82, 2.24) is 5.32 Å². The molecule has 3 N–H and O–H groups in total. The number of carboxylic acids is 1. The molecule has 1 aliphatic rings. The molecule has 110 valence electrons. The Morgan fingerprint density at radius 3 is 2.38 bits per heavy atom. The molecule has 2 rings (SSSR count). The third-order valence-electron chi connectivity index (χ3n) is 3.01. The first-order valence-electron chi connectivity index (χ1n) is 6.63. The van der Waals surface area contributed by atoms with Crippen LogP contribution in [0, 0.1) is 5.92 Å². The molecule has 1 aromatic rings. The first kappa shape index (κ1) is 14.8. The molecule has 1 fully saturated rings. The van der Waals surface area contributed by atoms with Gasteiger partial charge in [0.05, 0.1) is 0 Å². The predicted molar refractivity (Wildman–Crippen MR) is 76.4 cm³/mol. The van der Waals surface area contributed by atoms with Crippen LogP contribution in [0.5, 0.6) is 0 Å². The standard InChI is InChI=1S/C15H16N2O4/c18-13(7-8-14(19)20)16-9-10-1-5-12(6-2-10)17-15(21)11-3-4-11/h1-2,5-8,11H,3-4,9H2,(H,16,18)(H,17,21)(H,19,20)/b8-7+. The van der Waals surface area contributed by atoms with Crippen molar-refractivity contribution in [3.63, 3.8) is 0 Å². The number of amides is 2. The minimum atomic E-state index is -1.17. The number of rotatable bonds is 6. The summed E-state index contributed by atoms with van der Waals surface area (Å²) in [5.41, 5.74) is 1.59. The van der Waals surface area contributed by atoms with Crippen LogP contribution in [0.4, 0.5) is 5.69 Å².